The number of nitrogens with zero attached hydrogens (tertiary/aromatic N) is 2. The van der Waals surface area contributed by atoms with E-state index in [1.807, 2.05) is 6.20 Å². The lowest BCUT2D eigenvalue weighted by Gasteiger charge is -2.25. The number of hydrogen-bond donors (Lipinski definition) is 1. The summed E-state index contributed by atoms with van der Waals surface area (Å²) in [5.41, 5.74) is 1.18. The van der Waals surface area contributed by atoms with Gasteiger partial charge in [0.25, 0.3) is 0 Å². The molecule has 2 saturated carbocycles. The van der Waals surface area contributed by atoms with Crippen molar-refractivity contribution in [2.24, 2.45) is 5.92 Å². The van der Waals surface area contributed by atoms with Crippen LogP contribution in [0.1, 0.15) is 51.5 Å². The molecule has 2 aliphatic rings. The Morgan fingerprint density at radius 3 is 2.71 bits per heavy atom. The molecule has 3 rings (SSSR count). The van der Waals surface area contributed by atoms with Gasteiger partial charge in [-0.1, -0.05) is 25.4 Å². The fourth-order valence-electron chi connectivity index (χ4n) is 2.57. The van der Waals surface area contributed by atoms with Gasteiger partial charge in [-0.2, -0.15) is 0 Å². The maximum atomic E-state index is 6.31. The summed E-state index contributed by atoms with van der Waals surface area (Å²) in [6.07, 6.45) is 8.26. The summed E-state index contributed by atoms with van der Waals surface area (Å²) < 4.78 is 0. The minimum Gasteiger partial charge on any atom is -0.354 e. The molecule has 1 aromatic rings. The molecule has 0 aromatic carbocycles. The van der Waals surface area contributed by atoms with Crippen molar-refractivity contribution in [3.8, 4) is 0 Å². The van der Waals surface area contributed by atoms with Gasteiger partial charge in [-0.3, -0.25) is 0 Å². The molecule has 0 spiro atoms. The van der Waals surface area contributed by atoms with Gasteiger partial charge < -0.3 is 10.2 Å². The summed E-state index contributed by atoms with van der Waals surface area (Å²) >= 11 is 6.31. The molecule has 0 amide bonds. The Balaban J connectivity index is 1.70. The largest absolute Gasteiger partial charge is 0.354 e. The van der Waals surface area contributed by atoms with Crippen LogP contribution in [0.15, 0.2) is 12.3 Å². The fraction of sp³-hybridized carbons (Fsp3) is 0.706. The Kier molecular flexibility index (Phi) is 4.70. The average Bonchev–Trinajstić information content (AvgIpc) is 3.32. The topological polar surface area (TPSA) is 28.2 Å². The highest BCUT2D eigenvalue weighted by Crippen LogP contribution is 2.32. The van der Waals surface area contributed by atoms with Crippen LogP contribution >= 0.6 is 11.6 Å². The van der Waals surface area contributed by atoms with Crippen LogP contribution < -0.4 is 10.2 Å². The molecule has 0 aliphatic heterocycles. The summed E-state index contributed by atoms with van der Waals surface area (Å²) in [5, 5.41) is 4.33. The molecule has 0 radical (unpaired) electrons. The molecule has 4 heteroatoms. The monoisotopic (exact) mass is 307 g/mol. The predicted octanol–water partition coefficient (Wildman–Crippen LogP) is 4.00. The molecule has 2 fully saturated rings. The van der Waals surface area contributed by atoms with E-state index in [0.29, 0.717) is 12.1 Å². The Labute approximate surface area is 133 Å². The van der Waals surface area contributed by atoms with Gasteiger partial charge in [-0.05, 0) is 49.7 Å². The van der Waals surface area contributed by atoms with Crippen LogP contribution in [0.2, 0.25) is 5.02 Å². The highest BCUT2D eigenvalue weighted by molar-refractivity contribution is 6.31. The molecule has 1 aromatic heterocycles. The number of rotatable bonds is 8. The minimum atomic E-state index is 0.696. The van der Waals surface area contributed by atoms with E-state index in [9.17, 15) is 0 Å². The van der Waals surface area contributed by atoms with Gasteiger partial charge in [0, 0.05) is 31.4 Å². The van der Waals surface area contributed by atoms with Gasteiger partial charge in [0.2, 0.25) is 0 Å². The Morgan fingerprint density at radius 1 is 1.33 bits per heavy atom. The van der Waals surface area contributed by atoms with E-state index in [2.05, 4.69) is 35.1 Å². The van der Waals surface area contributed by atoms with Crippen molar-refractivity contribution in [3.63, 3.8) is 0 Å². The lowest BCUT2D eigenvalue weighted by atomic mass is 10.1. The number of nitrogens with one attached hydrogen (secondary N) is 1. The number of hydrogen-bond acceptors (Lipinski definition) is 3. The highest BCUT2D eigenvalue weighted by Gasteiger charge is 2.30. The van der Waals surface area contributed by atoms with E-state index in [0.717, 1.165) is 29.8 Å². The Hall–Kier alpha value is -0.800. The quantitative estimate of drug-likeness (QED) is 0.787. The molecule has 1 heterocycles. The second kappa shape index (κ2) is 6.53. The number of anilines is 1. The molecule has 3 nitrogen and oxygen atoms in total. The second-order valence-electron chi connectivity index (χ2n) is 6.90. The smallest absolute Gasteiger partial charge is 0.129 e. The molecule has 2 aliphatic carbocycles. The molecule has 116 valence electrons. The van der Waals surface area contributed by atoms with Crippen molar-refractivity contribution in [2.45, 2.75) is 64.6 Å². The predicted molar refractivity (Wildman–Crippen MR) is 88.9 cm³/mol. The zero-order valence-electron chi connectivity index (χ0n) is 13.1. The van der Waals surface area contributed by atoms with Crippen molar-refractivity contribution < 1.29 is 0 Å². The van der Waals surface area contributed by atoms with E-state index in [4.69, 9.17) is 11.6 Å². The second-order valence-corrected chi connectivity index (χ2v) is 7.30. The molecule has 1 N–H and O–H groups in total. The Bertz CT molecular complexity index is 481. The van der Waals surface area contributed by atoms with Crippen molar-refractivity contribution in [1.82, 2.24) is 10.3 Å². The fourth-order valence-corrected chi connectivity index (χ4v) is 2.74. The first kappa shape index (κ1) is 15.1. The SMILES string of the molecule is CC(C)CCN(c1cc(CNC2CC2)c(Cl)cn1)C1CC1. The number of halogens is 1. The molecular weight excluding hydrogens is 282 g/mol. The van der Waals surface area contributed by atoms with Gasteiger partial charge in [0.1, 0.15) is 5.82 Å². The normalized spacial score (nSPS) is 18.3. The van der Waals surface area contributed by atoms with Crippen molar-refractivity contribution in [3.05, 3.63) is 22.8 Å². The van der Waals surface area contributed by atoms with E-state index in [1.54, 1.807) is 0 Å². The van der Waals surface area contributed by atoms with Crippen LogP contribution in [0.3, 0.4) is 0 Å². The first-order valence-electron chi connectivity index (χ1n) is 8.28. The minimum absolute atomic E-state index is 0.696. The molecule has 0 atom stereocenters. The van der Waals surface area contributed by atoms with Gasteiger partial charge in [-0.15, -0.1) is 0 Å². The summed E-state index contributed by atoms with van der Waals surface area (Å²) in [6, 6.07) is 3.59. The van der Waals surface area contributed by atoms with Crippen LogP contribution in [-0.2, 0) is 6.54 Å². The maximum absolute atomic E-state index is 6.31. The zero-order chi connectivity index (χ0) is 14.8. The van der Waals surface area contributed by atoms with Crippen LogP contribution in [0, 0.1) is 5.92 Å². The van der Waals surface area contributed by atoms with Gasteiger partial charge in [0.05, 0.1) is 5.02 Å². The molecule has 0 saturated heterocycles. The van der Waals surface area contributed by atoms with E-state index in [1.165, 1.54) is 37.7 Å². The van der Waals surface area contributed by atoms with Crippen LogP contribution in [-0.4, -0.2) is 23.6 Å². The van der Waals surface area contributed by atoms with Crippen LogP contribution in [0.5, 0.6) is 0 Å². The first-order valence-corrected chi connectivity index (χ1v) is 8.65. The highest BCUT2D eigenvalue weighted by atomic mass is 35.5. The standard InChI is InChI=1S/C17H26ClN3/c1-12(2)7-8-21(15-5-6-15)17-9-13(16(18)11-20-17)10-19-14-3-4-14/h9,11-12,14-15,19H,3-8,10H2,1-2H3. The third-order valence-corrected chi connectivity index (χ3v) is 4.65. The maximum Gasteiger partial charge on any atom is 0.129 e. The summed E-state index contributed by atoms with van der Waals surface area (Å²) in [5.74, 6) is 1.84. The van der Waals surface area contributed by atoms with Crippen LogP contribution in [0.25, 0.3) is 0 Å². The molecule has 21 heavy (non-hydrogen) atoms. The first-order chi connectivity index (χ1) is 10.1. The lowest BCUT2D eigenvalue weighted by Crippen LogP contribution is -2.29. The summed E-state index contributed by atoms with van der Waals surface area (Å²) in [4.78, 5) is 7.07. The van der Waals surface area contributed by atoms with Crippen molar-refractivity contribution in [1.29, 1.82) is 0 Å². The summed E-state index contributed by atoms with van der Waals surface area (Å²) in [7, 11) is 0. The van der Waals surface area contributed by atoms with E-state index < -0.39 is 0 Å². The van der Waals surface area contributed by atoms with E-state index in [-0.39, 0.29) is 0 Å². The average molecular weight is 308 g/mol. The third kappa shape index (κ3) is 4.33. The van der Waals surface area contributed by atoms with E-state index >= 15 is 0 Å². The lowest BCUT2D eigenvalue weighted by molar-refractivity contribution is 0.568. The third-order valence-electron chi connectivity index (χ3n) is 4.31. The molecule has 0 unspecified atom stereocenters. The van der Waals surface area contributed by atoms with Gasteiger partial charge in [-0.25, -0.2) is 4.98 Å². The van der Waals surface area contributed by atoms with Crippen molar-refractivity contribution in [2.75, 3.05) is 11.4 Å². The summed E-state index contributed by atoms with van der Waals surface area (Å²) in [6.45, 7) is 6.53. The van der Waals surface area contributed by atoms with Gasteiger partial charge in [0.15, 0.2) is 0 Å². The number of pyridine rings is 1. The van der Waals surface area contributed by atoms with Crippen LogP contribution in [0.4, 0.5) is 5.82 Å². The molecular formula is C17H26ClN3. The van der Waals surface area contributed by atoms with Gasteiger partial charge >= 0.3 is 0 Å². The Morgan fingerprint density at radius 2 is 2.10 bits per heavy atom. The number of aromatic nitrogens is 1. The molecule has 0 bridgehead atoms. The van der Waals surface area contributed by atoms with Crippen molar-refractivity contribution >= 4 is 17.4 Å². The zero-order valence-corrected chi connectivity index (χ0v) is 13.9.